The van der Waals surface area contributed by atoms with E-state index in [1.54, 1.807) is 0 Å². The smallest absolute Gasteiger partial charge is 0.325 e. The number of carbonyl (C=O) groups excluding carboxylic acids is 1. The van der Waals surface area contributed by atoms with Gasteiger partial charge in [-0.1, -0.05) is 0 Å². The minimum Gasteiger partial charge on any atom is -0.480 e. The van der Waals surface area contributed by atoms with Crippen LogP contribution in [0.5, 0.6) is 0 Å². The van der Waals surface area contributed by atoms with Crippen LogP contribution in [0.2, 0.25) is 0 Å². The molecule has 0 saturated carbocycles. The normalized spacial score (nSPS) is 22.6. The Labute approximate surface area is 117 Å². The van der Waals surface area contributed by atoms with Gasteiger partial charge in [0.15, 0.2) is 0 Å². The van der Waals surface area contributed by atoms with Gasteiger partial charge in [0.2, 0.25) is 0 Å². The summed E-state index contributed by atoms with van der Waals surface area (Å²) in [5, 5.41) is 8.99. The maximum atomic E-state index is 13.4. The van der Waals surface area contributed by atoms with Gasteiger partial charge >= 0.3 is 5.97 Å². The number of halogens is 2. The molecule has 0 spiro atoms. The number of carboxylic acids is 1. The molecule has 0 aromatic heterocycles. The molecule has 0 aliphatic carbocycles. The number of carbonyl (C=O) groups is 2. The topological polar surface area (TPSA) is 83.6 Å². The zero-order valence-corrected chi connectivity index (χ0v) is 11.5. The van der Waals surface area contributed by atoms with Crippen molar-refractivity contribution in [1.82, 2.24) is 4.90 Å². The zero-order valence-electron chi connectivity index (χ0n) is 9.90. The molecule has 0 bridgehead atoms. The summed E-state index contributed by atoms with van der Waals surface area (Å²) in [7, 11) is 0. The van der Waals surface area contributed by atoms with Crippen molar-refractivity contribution in [1.29, 1.82) is 0 Å². The molecule has 5 nitrogen and oxygen atoms in total. The predicted molar refractivity (Wildman–Crippen MR) is 69.2 cm³/mol. The highest BCUT2D eigenvalue weighted by molar-refractivity contribution is 9.10. The van der Waals surface area contributed by atoms with Crippen LogP contribution >= 0.6 is 15.9 Å². The Balaban J connectivity index is 2.18. The lowest BCUT2D eigenvalue weighted by Crippen LogP contribution is -2.50. The number of carboxylic acid groups (broad SMARTS) is 1. The van der Waals surface area contributed by atoms with Crippen molar-refractivity contribution in [3.63, 3.8) is 0 Å². The molecular weight excluding hydrogens is 319 g/mol. The molecule has 19 heavy (non-hydrogen) atoms. The van der Waals surface area contributed by atoms with Crippen LogP contribution in [0, 0.1) is 5.82 Å². The second kappa shape index (κ2) is 4.90. The fourth-order valence-electron chi connectivity index (χ4n) is 1.99. The lowest BCUT2D eigenvalue weighted by Gasteiger charge is -2.20. The minimum absolute atomic E-state index is 0.0706. The standard InChI is InChI=1S/C12H12BrFN2O3/c13-8-2-1-7(5-9(8)14)10(17)16-4-3-12(15,6-16)11(18)19/h1-2,5H,3-4,6,15H2,(H,18,19). The lowest BCUT2D eigenvalue weighted by atomic mass is 10.0. The number of nitrogens with zero attached hydrogens (tertiary/aromatic N) is 1. The summed E-state index contributed by atoms with van der Waals surface area (Å²) in [5.41, 5.74) is 4.45. The number of likely N-dealkylation sites (tertiary alicyclic amines) is 1. The highest BCUT2D eigenvalue weighted by Gasteiger charge is 2.43. The Morgan fingerprint density at radius 3 is 2.68 bits per heavy atom. The van der Waals surface area contributed by atoms with E-state index in [2.05, 4.69) is 15.9 Å². The highest BCUT2D eigenvalue weighted by Crippen LogP contribution is 2.23. The third-order valence-corrected chi connectivity index (χ3v) is 3.82. The minimum atomic E-state index is -1.41. The first kappa shape index (κ1) is 14.0. The highest BCUT2D eigenvalue weighted by atomic mass is 79.9. The number of hydrogen-bond donors (Lipinski definition) is 2. The Morgan fingerprint density at radius 1 is 1.47 bits per heavy atom. The summed E-state index contributed by atoms with van der Waals surface area (Å²) in [6, 6.07) is 4.03. The zero-order chi connectivity index (χ0) is 14.2. The van der Waals surface area contributed by atoms with Gasteiger partial charge in [-0.15, -0.1) is 0 Å². The van der Waals surface area contributed by atoms with Crippen LogP contribution in [0.15, 0.2) is 22.7 Å². The number of aliphatic carboxylic acids is 1. The maximum Gasteiger partial charge on any atom is 0.325 e. The van der Waals surface area contributed by atoms with Crippen molar-refractivity contribution in [2.45, 2.75) is 12.0 Å². The van der Waals surface area contributed by atoms with Gasteiger partial charge in [-0.3, -0.25) is 9.59 Å². The summed E-state index contributed by atoms with van der Waals surface area (Å²) in [6.07, 6.45) is 0.188. The van der Waals surface area contributed by atoms with E-state index in [1.165, 1.54) is 17.0 Å². The average Bonchev–Trinajstić information content (AvgIpc) is 2.76. The number of hydrogen-bond acceptors (Lipinski definition) is 3. The van der Waals surface area contributed by atoms with E-state index in [9.17, 15) is 14.0 Å². The monoisotopic (exact) mass is 330 g/mol. The molecule has 3 N–H and O–H groups in total. The Morgan fingerprint density at radius 2 is 2.16 bits per heavy atom. The molecular formula is C12H12BrFN2O3. The summed E-state index contributed by atoms with van der Waals surface area (Å²) in [6.45, 7) is 0.179. The molecule has 1 unspecified atom stereocenters. The summed E-state index contributed by atoms with van der Waals surface area (Å²) >= 11 is 3.00. The van der Waals surface area contributed by atoms with E-state index in [0.29, 0.717) is 0 Å². The number of amides is 1. The van der Waals surface area contributed by atoms with Gasteiger partial charge in [-0.2, -0.15) is 0 Å². The molecule has 1 saturated heterocycles. The van der Waals surface area contributed by atoms with Crippen LogP contribution in [0.4, 0.5) is 4.39 Å². The number of benzene rings is 1. The van der Waals surface area contributed by atoms with Crippen LogP contribution in [-0.2, 0) is 4.79 Å². The molecule has 1 fully saturated rings. The summed E-state index contributed by atoms with van der Waals surface area (Å²) in [4.78, 5) is 24.4. The SMILES string of the molecule is NC1(C(=O)O)CCN(C(=O)c2ccc(Br)c(F)c2)C1. The van der Waals surface area contributed by atoms with Crippen LogP contribution in [0.25, 0.3) is 0 Å². The van der Waals surface area contributed by atoms with Crippen molar-refractivity contribution in [3.8, 4) is 0 Å². The molecule has 1 heterocycles. The third kappa shape index (κ3) is 2.62. The van der Waals surface area contributed by atoms with Gasteiger partial charge in [-0.25, -0.2) is 4.39 Å². The van der Waals surface area contributed by atoms with Gasteiger partial charge < -0.3 is 15.7 Å². The molecule has 1 aliphatic rings. The average molecular weight is 331 g/mol. The van der Waals surface area contributed by atoms with Crippen molar-refractivity contribution in [2.75, 3.05) is 13.1 Å². The first-order valence-corrected chi connectivity index (χ1v) is 6.39. The van der Waals surface area contributed by atoms with Gasteiger partial charge in [0.1, 0.15) is 11.4 Å². The molecule has 2 rings (SSSR count). The second-order valence-corrected chi connectivity index (χ2v) is 5.42. The van der Waals surface area contributed by atoms with Gasteiger partial charge in [-0.05, 0) is 40.5 Å². The first-order chi connectivity index (χ1) is 8.83. The molecule has 1 aromatic carbocycles. The Bertz CT molecular complexity index is 552. The van der Waals surface area contributed by atoms with Crippen LogP contribution in [0.1, 0.15) is 16.8 Å². The molecule has 7 heteroatoms. The fraction of sp³-hybridized carbons (Fsp3) is 0.333. The first-order valence-electron chi connectivity index (χ1n) is 5.60. The summed E-state index contributed by atoms with van der Waals surface area (Å²) < 4.78 is 13.6. The molecule has 1 aromatic rings. The van der Waals surface area contributed by atoms with E-state index in [0.717, 1.165) is 6.07 Å². The van der Waals surface area contributed by atoms with Crippen molar-refractivity contribution in [3.05, 3.63) is 34.1 Å². The Kier molecular flexibility index (Phi) is 3.60. The molecule has 0 radical (unpaired) electrons. The summed E-state index contributed by atoms with van der Waals surface area (Å²) in [5.74, 6) is -2.09. The third-order valence-electron chi connectivity index (χ3n) is 3.18. The number of nitrogens with two attached hydrogens (primary N) is 1. The van der Waals surface area contributed by atoms with E-state index < -0.39 is 23.2 Å². The largest absolute Gasteiger partial charge is 0.480 e. The molecule has 1 atom stereocenters. The quantitative estimate of drug-likeness (QED) is 0.853. The van der Waals surface area contributed by atoms with E-state index in [-0.39, 0.29) is 29.5 Å². The lowest BCUT2D eigenvalue weighted by molar-refractivity contribution is -0.142. The van der Waals surface area contributed by atoms with Gasteiger partial charge in [0.25, 0.3) is 5.91 Å². The van der Waals surface area contributed by atoms with Gasteiger partial charge in [0.05, 0.1) is 4.47 Å². The molecule has 102 valence electrons. The van der Waals surface area contributed by atoms with E-state index >= 15 is 0 Å². The number of rotatable bonds is 2. The second-order valence-electron chi connectivity index (χ2n) is 4.57. The molecule has 1 amide bonds. The predicted octanol–water partition coefficient (Wildman–Crippen LogP) is 1.22. The van der Waals surface area contributed by atoms with Crippen molar-refractivity contribution in [2.24, 2.45) is 5.73 Å². The fourth-order valence-corrected chi connectivity index (χ4v) is 2.24. The van der Waals surface area contributed by atoms with E-state index in [4.69, 9.17) is 10.8 Å². The van der Waals surface area contributed by atoms with Crippen molar-refractivity contribution < 1.29 is 19.1 Å². The van der Waals surface area contributed by atoms with Crippen molar-refractivity contribution >= 4 is 27.8 Å². The van der Waals surface area contributed by atoms with E-state index in [1.807, 2.05) is 0 Å². The maximum absolute atomic E-state index is 13.4. The van der Waals surface area contributed by atoms with Crippen LogP contribution in [-0.4, -0.2) is 40.5 Å². The van der Waals surface area contributed by atoms with Gasteiger partial charge in [0, 0.05) is 18.7 Å². The van der Waals surface area contributed by atoms with Crippen LogP contribution < -0.4 is 5.73 Å². The molecule has 1 aliphatic heterocycles. The van der Waals surface area contributed by atoms with Crippen LogP contribution in [0.3, 0.4) is 0 Å². The Hall–Kier alpha value is -1.47.